The molecule has 0 aliphatic rings. The van der Waals surface area contributed by atoms with Gasteiger partial charge in [0, 0.05) is 47.2 Å². The van der Waals surface area contributed by atoms with Gasteiger partial charge in [-0.2, -0.15) is 0 Å². The molecule has 0 atom stereocenters. The Kier molecular flexibility index (Phi) is 4.30. The zero-order valence-electron chi connectivity index (χ0n) is 14.4. The number of nitrogens with one attached hydrogen (secondary N) is 1. The molecule has 7 heteroatoms. The molecule has 4 rings (SSSR count). The molecule has 0 aliphatic carbocycles. The number of pyridine rings is 1. The van der Waals surface area contributed by atoms with Crippen molar-refractivity contribution in [1.82, 2.24) is 24.7 Å². The number of thioether (sulfide) groups is 1. The maximum atomic E-state index is 12.8. The number of carbonyl (C=O) groups is 1. The first-order valence-electron chi connectivity index (χ1n) is 8.18. The molecule has 0 radical (unpaired) electrons. The van der Waals surface area contributed by atoms with Gasteiger partial charge in [-0.05, 0) is 25.1 Å². The van der Waals surface area contributed by atoms with Crippen molar-refractivity contribution in [2.24, 2.45) is 7.05 Å². The lowest BCUT2D eigenvalue weighted by molar-refractivity contribution is 0.102. The van der Waals surface area contributed by atoms with E-state index in [0.717, 1.165) is 33.5 Å². The van der Waals surface area contributed by atoms with E-state index in [1.807, 2.05) is 54.9 Å². The Hall–Kier alpha value is -2.93. The summed E-state index contributed by atoms with van der Waals surface area (Å²) in [5.74, 6) is 1.15. The molecule has 1 N–H and O–H groups in total. The second-order valence-corrected chi connectivity index (χ2v) is 6.93. The molecule has 3 aromatic heterocycles. The minimum atomic E-state index is 0.0819. The zero-order chi connectivity index (χ0) is 18.1. The fraction of sp³-hybridized carbons (Fsp3) is 0.158. The van der Waals surface area contributed by atoms with E-state index in [9.17, 15) is 4.79 Å². The Balaban J connectivity index is 1.55. The first-order chi connectivity index (χ1) is 12.6. The second-order valence-electron chi connectivity index (χ2n) is 5.98. The highest BCUT2D eigenvalue weighted by atomic mass is 32.2. The summed E-state index contributed by atoms with van der Waals surface area (Å²) in [4.78, 5) is 20.1. The topological polar surface area (TPSA) is 76.5 Å². The van der Waals surface area contributed by atoms with E-state index in [-0.39, 0.29) is 5.78 Å². The molecule has 0 unspecified atom stereocenters. The van der Waals surface area contributed by atoms with Crippen molar-refractivity contribution in [1.29, 1.82) is 0 Å². The summed E-state index contributed by atoms with van der Waals surface area (Å²) in [6.45, 7) is 1.93. The summed E-state index contributed by atoms with van der Waals surface area (Å²) in [7, 11) is 1.90. The smallest absolute Gasteiger partial charge is 0.191 e. The van der Waals surface area contributed by atoms with Crippen LogP contribution in [-0.2, 0) is 7.05 Å². The normalized spacial score (nSPS) is 11.2. The third-order valence-corrected chi connectivity index (χ3v) is 5.30. The Labute approximate surface area is 154 Å². The second kappa shape index (κ2) is 6.76. The van der Waals surface area contributed by atoms with Crippen LogP contribution in [0, 0.1) is 6.92 Å². The molecule has 1 aromatic carbocycles. The molecule has 0 saturated carbocycles. The average molecular weight is 363 g/mol. The number of Topliss-reactive ketones (excluding diaryl/α,β-unsaturated/α-hetero) is 1. The van der Waals surface area contributed by atoms with Crippen LogP contribution in [-0.4, -0.2) is 36.3 Å². The maximum Gasteiger partial charge on any atom is 0.191 e. The highest BCUT2D eigenvalue weighted by Crippen LogP contribution is 2.26. The van der Waals surface area contributed by atoms with Crippen molar-refractivity contribution in [2.45, 2.75) is 12.1 Å². The van der Waals surface area contributed by atoms with Crippen molar-refractivity contribution < 1.29 is 4.79 Å². The van der Waals surface area contributed by atoms with Crippen LogP contribution in [0.5, 0.6) is 0 Å². The van der Waals surface area contributed by atoms with E-state index in [1.54, 1.807) is 12.4 Å². The number of fused-ring (bicyclic) bond motifs is 1. The van der Waals surface area contributed by atoms with E-state index < -0.39 is 0 Å². The lowest BCUT2D eigenvalue weighted by atomic mass is 10.1. The van der Waals surface area contributed by atoms with Gasteiger partial charge in [-0.3, -0.25) is 9.78 Å². The largest absolute Gasteiger partial charge is 0.358 e. The Morgan fingerprint density at radius 2 is 1.92 bits per heavy atom. The van der Waals surface area contributed by atoms with Gasteiger partial charge in [0.05, 0.1) is 5.75 Å². The van der Waals surface area contributed by atoms with E-state index >= 15 is 0 Å². The molecule has 4 aromatic rings. The first-order valence-corrected chi connectivity index (χ1v) is 9.17. The fourth-order valence-corrected chi connectivity index (χ4v) is 3.81. The monoisotopic (exact) mass is 363 g/mol. The molecule has 3 heterocycles. The molecule has 6 nitrogen and oxygen atoms in total. The van der Waals surface area contributed by atoms with Crippen LogP contribution in [0.2, 0.25) is 0 Å². The number of benzene rings is 1. The molecule has 0 fully saturated rings. The van der Waals surface area contributed by atoms with E-state index in [1.165, 1.54) is 11.8 Å². The van der Waals surface area contributed by atoms with Gasteiger partial charge < -0.3 is 9.55 Å². The molecule has 130 valence electrons. The molecule has 0 saturated heterocycles. The Bertz CT molecular complexity index is 1080. The summed E-state index contributed by atoms with van der Waals surface area (Å²) in [5.41, 5.74) is 3.58. The number of para-hydroxylation sites is 1. The standard InChI is InChI=1S/C19H17N5OS/c1-12-17(14-5-3-4-6-15(14)21-12)16(25)11-26-19-23-22-18(24(19)2)13-7-9-20-10-8-13/h3-10,21H,11H2,1-2H3. The SMILES string of the molecule is Cc1[nH]c2ccccc2c1C(=O)CSc1nnc(-c2ccncc2)n1C. The summed E-state index contributed by atoms with van der Waals surface area (Å²) >= 11 is 1.40. The lowest BCUT2D eigenvalue weighted by Gasteiger charge is -2.04. The van der Waals surface area contributed by atoms with Gasteiger partial charge in [0.15, 0.2) is 16.8 Å². The van der Waals surface area contributed by atoms with Crippen LogP contribution in [0.1, 0.15) is 16.1 Å². The van der Waals surface area contributed by atoms with Gasteiger partial charge in [0.2, 0.25) is 0 Å². The van der Waals surface area contributed by atoms with Crippen LogP contribution < -0.4 is 0 Å². The maximum absolute atomic E-state index is 12.8. The predicted molar refractivity (Wildman–Crippen MR) is 102 cm³/mol. The zero-order valence-corrected chi connectivity index (χ0v) is 15.2. The predicted octanol–water partition coefficient (Wildman–Crippen LogP) is 3.64. The third kappa shape index (κ3) is 2.90. The number of carbonyl (C=O) groups excluding carboxylic acids is 1. The fourth-order valence-electron chi connectivity index (χ4n) is 3.03. The molecule has 0 aliphatic heterocycles. The van der Waals surface area contributed by atoms with Crippen LogP contribution in [0.25, 0.3) is 22.3 Å². The highest BCUT2D eigenvalue weighted by Gasteiger charge is 2.18. The number of H-pyrrole nitrogens is 1. The summed E-state index contributed by atoms with van der Waals surface area (Å²) in [6.07, 6.45) is 3.44. The summed E-state index contributed by atoms with van der Waals surface area (Å²) in [6, 6.07) is 11.6. The van der Waals surface area contributed by atoms with Gasteiger partial charge >= 0.3 is 0 Å². The number of aromatic nitrogens is 5. The molecule has 0 amide bonds. The van der Waals surface area contributed by atoms with Crippen molar-refractivity contribution in [3.05, 3.63) is 60.0 Å². The van der Waals surface area contributed by atoms with Gasteiger partial charge in [-0.1, -0.05) is 30.0 Å². The number of ketones is 1. The molecule has 0 spiro atoms. The van der Waals surface area contributed by atoms with Crippen LogP contribution in [0.15, 0.2) is 53.9 Å². The van der Waals surface area contributed by atoms with Crippen molar-refractivity contribution in [2.75, 3.05) is 5.75 Å². The van der Waals surface area contributed by atoms with E-state index in [4.69, 9.17) is 0 Å². The number of nitrogens with zero attached hydrogens (tertiary/aromatic N) is 4. The van der Waals surface area contributed by atoms with E-state index in [2.05, 4.69) is 20.2 Å². The Morgan fingerprint density at radius 3 is 2.73 bits per heavy atom. The van der Waals surface area contributed by atoms with E-state index in [0.29, 0.717) is 10.9 Å². The van der Waals surface area contributed by atoms with Gasteiger partial charge in [0.1, 0.15) is 0 Å². The van der Waals surface area contributed by atoms with Gasteiger partial charge in [-0.25, -0.2) is 0 Å². The third-order valence-electron chi connectivity index (χ3n) is 4.28. The summed E-state index contributed by atoms with van der Waals surface area (Å²) in [5, 5.41) is 10.1. The number of hydrogen-bond acceptors (Lipinski definition) is 5. The van der Waals surface area contributed by atoms with Crippen molar-refractivity contribution in [3.63, 3.8) is 0 Å². The van der Waals surface area contributed by atoms with Crippen molar-refractivity contribution in [3.8, 4) is 11.4 Å². The van der Waals surface area contributed by atoms with Crippen molar-refractivity contribution >= 4 is 28.4 Å². The molecule has 0 bridgehead atoms. The lowest BCUT2D eigenvalue weighted by Crippen LogP contribution is -2.05. The quantitative estimate of drug-likeness (QED) is 0.433. The number of aromatic amines is 1. The average Bonchev–Trinajstić information content (AvgIpc) is 3.19. The van der Waals surface area contributed by atoms with Crippen LogP contribution in [0.4, 0.5) is 0 Å². The summed E-state index contributed by atoms with van der Waals surface area (Å²) < 4.78 is 1.90. The minimum Gasteiger partial charge on any atom is -0.358 e. The molecular weight excluding hydrogens is 346 g/mol. The van der Waals surface area contributed by atoms with Gasteiger partial charge in [-0.15, -0.1) is 10.2 Å². The number of rotatable bonds is 5. The molecular formula is C19H17N5OS. The number of hydrogen-bond donors (Lipinski definition) is 1. The number of aryl methyl sites for hydroxylation is 1. The highest BCUT2D eigenvalue weighted by molar-refractivity contribution is 7.99. The van der Waals surface area contributed by atoms with Gasteiger partial charge in [0.25, 0.3) is 0 Å². The minimum absolute atomic E-state index is 0.0819. The van der Waals surface area contributed by atoms with Crippen LogP contribution in [0.3, 0.4) is 0 Å². The molecule has 26 heavy (non-hydrogen) atoms. The first kappa shape index (κ1) is 16.5. The Morgan fingerprint density at radius 1 is 1.15 bits per heavy atom. The van der Waals surface area contributed by atoms with Crippen LogP contribution >= 0.6 is 11.8 Å².